The van der Waals surface area contributed by atoms with Crippen molar-refractivity contribution in [3.63, 3.8) is 0 Å². The molecule has 14 heavy (non-hydrogen) atoms. The molecule has 1 N–H and O–H groups in total. The molecule has 0 amide bonds. The number of hydrogen-bond donors (Lipinski definition) is 1. The fourth-order valence-corrected chi connectivity index (χ4v) is 1.49. The molecule has 0 bridgehead atoms. The molecule has 0 spiro atoms. The number of rotatable bonds is 3. The van der Waals surface area contributed by atoms with Gasteiger partial charge in [-0.15, -0.1) is 0 Å². The van der Waals surface area contributed by atoms with Crippen molar-refractivity contribution in [2.75, 3.05) is 5.32 Å². The van der Waals surface area contributed by atoms with Gasteiger partial charge in [0.1, 0.15) is 11.9 Å². The highest BCUT2D eigenvalue weighted by molar-refractivity contribution is 9.10. The van der Waals surface area contributed by atoms with E-state index in [-0.39, 0.29) is 11.9 Å². The molecule has 1 aromatic rings. The maximum atomic E-state index is 12.7. The second-order valence-corrected chi connectivity index (χ2v) is 3.71. The van der Waals surface area contributed by atoms with Crippen molar-refractivity contribution in [3.05, 3.63) is 28.5 Å². The van der Waals surface area contributed by atoms with Crippen molar-refractivity contribution in [3.8, 4) is 6.07 Å². The lowest BCUT2D eigenvalue weighted by atomic mass is 10.2. The minimum atomic E-state index is -0.299. The Balaban J connectivity index is 2.82. The molecule has 0 aliphatic carbocycles. The number of halogens is 2. The summed E-state index contributed by atoms with van der Waals surface area (Å²) in [5.74, 6) is -0.299. The first kappa shape index (κ1) is 11.0. The fraction of sp³-hybridized carbons (Fsp3) is 0.300. The third-order valence-corrected chi connectivity index (χ3v) is 2.48. The normalized spacial score (nSPS) is 11.9. The van der Waals surface area contributed by atoms with Crippen molar-refractivity contribution >= 4 is 21.6 Å². The smallest absolute Gasteiger partial charge is 0.124 e. The van der Waals surface area contributed by atoms with Crippen LogP contribution < -0.4 is 5.32 Å². The van der Waals surface area contributed by atoms with Crippen LogP contribution in [0.1, 0.15) is 13.3 Å². The number of anilines is 1. The van der Waals surface area contributed by atoms with E-state index in [2.05, 4.69) is 27.3 Å². The Morgan fingerprint density at radius 3 is 2.86 bits per heavy atom. The van der Waals surface area contributed by atoms with E-state index in [1.54, 1.807) is 6.07 Å². The number of nitrogens with zero attached hydrogens (tertiary/aromatic N) is 1. The maximum absolute atomic E-state index is 12.7. The second-order valence-electron chi connectivity index (χ2n) is 2.86. The van der Waals surface area contributed by atoms with Gasteiger partial charge in [0.15, 0.2) is 0 Å². The van der Waals surface area contributed by atoms with Gasteiger partial charge in [-0.25, -0.2) is 4.39 Å². The summed E-state index contributed by atoms with van der Waals surface area (Å²) < 4.78 is 13.4. The third kappa shape index (κ3) is 2.71. The first-order chi connectivity index (χ1) is 6.67. The van der Waals surface area contributed by atoms with E-state index < -0.39 is 0 Å². The standard InChI is InChI=1S/C10H10BrFN2/c1-2-8(6-13)14-10-4-3-7(12)5-9(10)11/h3-5,8,14H,2H2,1H3. The van der Waals surface area contributed by atoms with Gasteiger partial charge in [0.25, 0.3) is 0 Å². The first-order valence-corrected chi connectivity index (χ1v) is 5.08. The minimum absolute atomic E-state index is 0.239. The second kappa shape index (κ2) is 4.97. The van der Waals surface area contributed by atoms with Gasteiger partial charge in [0, 0.05) is 10.2 Å². The summed E-state index contributed by atoms with van der Waals surface area (Å²) >= 11 is 3.22. The average Bonchev–Trinajstić information content (AvgIpc) is 2.17. The summed E-state index contributed by atoms with van der Waals surface area (Å²) in [7, 11) is 0. The van der Waals surface area contributed by atoms with Crippen LogP contribution in [0.4, 0.5) is 10.1 Å². The molecular weight excluding hydrogens is 247 g/mol. The van der Waals surface area contributed by atoms with E-state index >= 15 is 0 Å². The van der Waals surface area contributed by atoms with Gasteiger partial charge in [0.2, 0.25) is 0 Å². The highest BCUT2D eigenvalue weighted by Gasteiger charge is 2.06. The maximum Gasteiger partial charge on any atom is 0.124 e. The van der Waals surface area contributed by atoms with Gasteiger partial charge in [-0.05, 0) is 40.5 Å². The van der Waals surface area contributed by atoms with E-state index in [9.17, 15) is 4.39 Å². The van der Waals surface area contributed by atoms with Crippen LogP contribution in [0.2, 0.25) is 0 Å². The van der Waals surface area contributed by atoms with Crippen molar-refractivity contribution in [1.29, 1.82) is 5.26 Å². The molecule has 1 rings (SSSR count). The zero-order chi connectivity index (χ0) is 10.6. The Kier molecular flexibility index (Phi) is 3.90. The Morgan fingerprint density at radius 2 is 2.36 bits per heavy atom. The molecule has 4 heteroatoms. The zero-order valence-electron chi connectivity index (χ0n) is 7.72. The van der Waals surface area contributed by atoms with Gasteiger partial charge in [-0.3, -0.25) is 0 Å². The van der Waals surface area contributed by atoms with Gasteiger partial charge in [-0.2, -0.15) is 5.26 Å². The van der Waals surface area contributed by atoms with Crippen LogP contribution in [0, 0.1) is 17.1 Å². The summed E-state index contributed by atoms with van der Waals surface area (Å²) in [6.07, 6.45) is 0.709. The highest BCUT2D eigenvalue weighted by Crippen LogP contribution is 2.23. The molecule has 0 saturated heterocycles. The molecule has 0 saturated carbocycles. The van der Waals surface area contributed by atoms with E-state index in [1.165, 1.54) is 12.1 Å². The predicted molar refractivity (Wildman–Crippen MR) is 57.4 cm³/mol. The Hall–Kier alpha value is -1.08. The molecule has 0 radical (unpaired) electrons. The SMILES string of the molecule is CCC(C#N)Nc1ccc(F)cc1Br. The number of nitriles is 1. The average molecular weight is 257 g/mol. The van der Waals surface area contributed by atoms with Crippen LogP contribution in [-0.2, 0) is 0 Å². The summed E-state index contributed by atoms with van der Waals surface area (Å²) in [5.41, 5.74) is 0.736. The minimum Gasteiger partial charge on any atom is -0.369 e. The van der Waals surface area contributed by atoms with Crippen LogP contribution >= 0.6 is 15.9 Å². The molecule has 0 aliphatic rings. The molecular formula is C10H10BrFN2. The van der Waals surface area contributed by atoms with Crippen LogP contribution in [-0.4, -0.2) is 6.04 Å². The summed E-state index contributed by atoms with van der Waals surface area (Å²) in [6.45, 7) is 1.91. The summed E-state index contributed by atoms with van der Waals surface area (Å²) in [4.78, 5) is 0. The molecule has 1 atom stereocenters. The van der Waals surface area contributed by atoms with Crippen LogP contribution in [0.3, 0.4) is 0 Å². The Bertz CT molecular complexity index is 360. The first-order valence-electron chi connectivity index (χ1n) is 4.28. The van der Waals surface area contributed by atoms with Crippen molar-refractivity contribution < 1.29 is 4.39 Å². The lowest BCUT2D eigenvalue weighted by Crippen LogP contribution is -2.15. The number of nitrogens with one attached hydrogen (secondary N) is 1. The zero-order valence-corrected chi connectivity index (χ0v) is 9.31. The van der Waals surface area contributed by atoms with Crippen LogP contribution in [0.5, 0.6) is 0 Å². The highest BCUT2D eigenvalue weighted by atomic mass is 79.9. The predicted octanol–water partition coefficient (Wildman–Crippen LogP) is 3.30. The van der Waals surface area contributed by atoms with E-state index in [1.807, 2.05) is 6.92 Å². The van der Waals surface area contributed by atoms with Gasteiger partial charge >= 0.3 is 0 Å². The largest absolute Gasteiger partial charge is 0.369 e. The van der Waals surface area contributed by atoms with E-state index in [0.717, 1.165) is 5.69 Å². The third-order valence-electron chi connectivity index (χ3n) is 1.82. The Morgan fingerprint density at radius 1 is 1.64 bits per heavy atom. The lowest BCUT2D eigenvalue weighted by molar-refractivity contribution is 0.627. The summed E-state index contributed by atoms with van der Waals surface area (Å²) in [6, 6.07) is 6.21. The molecule has 0 fully saturated rings. The van der Waals surface area contributed by atoms with Crippen LogP contribution in [0.25, 0.3) is 0 Å². The Labute approximate surface area is 90.9 Å². The van der Waals surface area contributed by atoms with Gasteiger partial charge in [0.05, 0.1) is 6.07 Å². The van der Waals surface area contributed by atoms with Crippen molar-refractivity contribution in [2.45, 2.75) is 19.4 Å². The number of hydrogen-bond acceptors (Lipinski definition) is 2. The fourth-order valence-electron chi connectivity index (χ4n) is 1.02. The molecule has 74 valence electrons. The van der Waals surface area contributed by atoms with Crippen LogP contribution in [0.15, 0.2) is 22.7 Å². The molecule has 0 heterocycles. The monoisotopic (exact) mass is 256 g/mol. The van der Waals surface area contributed by atoms with Gasteiger partial charge in [-0.1, -0.05) is 6.92 Å². The molecule has 1 unspecified atom stereocenters. The molecule has 1 aromatic carbocycles. The van der Waals surface area contributed by atoms with E-state index in [0.29, 0.717) is 10.9 Å². The molecule has 2 nitrogen and oxygen atoms in total. The lowest BCUT2D eigenvalue weighted by Gasteiger charge is -2.11. The quantitative estimate of drug-likeness (QED) is 0.901. The topological polar surface area (TPSA) is 35.8 Å². The van der Waals surface area contributed by atoms with Crippen molar-refractivity contribution in [2.24, 2.45) is 0 Å². The molecule has 0 aliphatic heterocycles. The number of benzene rings is 1. The summed E-state index contributed by atoms with van der Waals surface area (Å²) in [5, 5.41) is 11.7. The van der Waals surface area contributed by atoms with E-state index in [4.69, 9.17) is 5.26 Å². The molecule has 0 aromatic heterocycles. The van der Waals surface area contributed by atoms with Crippen molar-refractivity contribution in [1.82, 2.24) is 0 Å². The van der Waals surface area contributed by atoms with Gasteiger partial charge < -0.3 is 5.32 Å².